The summed E-state index contributed by atoms with van der Waals surface area (Å²) in [5.41, 5.74) is 0.0773. The van der Waals surface area contributed by atoms with Gasteiger partial charge in [0, 0.05) is 13.1 Å². The van der Waals surface area contributed by atoms with Crippen LogP contribution in [0, 0.1) is 5.92 Å². The number of benzene rings is 2. The second kappa shape index (κ2) is 6.91. The molecule has 3 rings (SSSR count). The molecule has 0 aliphatic carbocycles. The molecule has 0 radical (unpaired) electrons. The van der Waals surface area contributed by atoms with Crippen LogP contribution in [0.5, 0.6) is 5.75 Å². The van der Waals surface area contributed by atoms with Gasteiger partial charge >= 0.3 is 5.97 Å². The number of piperidine rings is 1. The van der Waals surface area contributed by atoms with Gasteiger partial charge in [0.25, 0.3) is 5.91 Å². The lowest BCUT2D eigenvalue weighted by molar-refractivity contribution is -0.136. The van der Waals surface area contributed by atoms with Crippen LogP contribution in [-0.2, 0) is 9.53 Å². The first-order chi connectivity index (χ1) is 11.5. The van der Waals surface area contributed by atoms with Gasteiger partial charge in [-0.3, -0.25) is 4.79 Å². The smallest absolute Gasteiger partial charge is 0.342 e. The zero-order valence-electron chi connectivity index (χ0n) is 13.7. The number of nitrogens with zero attached hydrogens (tertiary/aromatic N) is 1. The standard InChI is InChI=1S/C19H21NO4/c1-13-5-4-8-20(11-13)18(22)12-24-19(23)16-9-14-6-2-3-7-15(14)10-17(16)21/h2-3,6-7,9-10,13,21H,4-5,8,11-12H2,1H3/t13-/m1/s1. The number of esters is 1. The van der Waals surface area contributed by atoms with E-state index in [2.05, 4.69) is 6.92 Å². The van der Waals surface area contributed by atoms with Crippen LogP contribution < -0.4 is 0 Å². The number of hydrogen-bond donors (Lipinski definition) is 1. The van der Waals surface area contributed by atoms with Gasteiger partial charge in [0.05, 0.1) is 0 Å². The van der Waals surface area contributed by atoms with Crippen molar-refractivity contribution < 1.29 is 19.4 Å². The summed E-state index contributed by atoms with van der Waals surface area (Å²) in [6, 6.07) is 10.5. The fraction of sp³-hybridized carbons (Fsp3) is 0.368. The van der Waals surface area contributed by atoms with E-state index in [9.17, 15) is 14.7 Å². The van der Waals surface area contributed by atoms with Gasteiger partial charge in [0.1, 0.15) is 11.3 Å². The van der Waals surface area contributed by atoms with Crippen LogP contribution in [0.4, 0.5) is 0 Å². The molecule has 1 atom stereocenters. The quantitative estimate of drug-likeness (QED) is 0.880. The third kappa shape index (κ3) is 3.50. The Kier molecular flexibility index (Phi) is 4.69. The van der Waals surface area contributed by atoms with Gasteiger partial charge in [-0.05, 0) is 41.7 Å². The predicted octanol–water partition coefficient (Wildman–Crippen LogP) is 2.96. The number of carbonyl (C=O) groups is 2. The van der Waals surface area contributed by atoms with E-state index in [1.54, 1.807) is 11.0 Å². The number of rotatable bonds is 3. The van der Waals surface area contributed by atoms with E-state index in [1.807, 2.05) is 24.3 Å². The first kappa shape index (κ1) is 16.3. The van der Waals surface area contributed by atoms with E-state index < -0.39 is 5.97 Å². The maximum absolute atomic E-state index is 12.2. The van der Waals surface area contributed by atoms with E-state index in [4.69, 9.17) is 4.74 Å². The Bertz CT molecular complexity index is 771. The highest BCUT2D eigenvalue weighted by atomic mass is 16.5. The monoisotopic (exact) mass is 327 g/mol. The lowest BCUT2D eigenvalue weighted by Gasteiger charge is -2.30. The molecule has 1 fully saturated rings. The van der Waals surface area contributed by atoms with Gasteiger partial charge in [-0.15, -0.1) is 0 Å². The molecule has 1 aliphatic heterocycles. The van der Waals surface area contributed by atoms with Crippen LogP contribution in [0.2, 0.25) is 0 Å². The van der Waals surface area contributed by atoms with Crippen molar-refractivity contribution in [2.75, 3.05) is 19.7 Å². The molecule has 0 unspecified atom stereocenters. The van der Waals surface area contributed by atoms with E-state index >= 15 is 0 Å². The summed E-state index contributed by atoms with van der Waals surface area (Å²) in [7, 11) is 0. The van der Waals surface area contributed by atoms with E-state index in [-0.39, 0.29) is 23.8 Å². The molecule has 1 amide bonds. The highest BCUT2D eigenvalue weighted by Gasteiger charge is 2.22. The average Bonchev–Trinajstić information content (AvgIpc) is 2.58. The third-order valence-corrected chi connectivity index (χ3v) is 4.42. The van der Waals surface area contributed by atoms with Crippen LogP contribution >= 0.6 is 0 Å². The number of ether oxygens (including phenoxy) is 1. The van der Waals surface area contributed by atoms with Crippen molar-refractivity contribution in [1.29, 1.82) is 0 Å². The Morgan fingerprint density at radius 1 is 1.25 bits per heavy atom. The largest absolute Gasteiger partial charge is 0.507 e. The Labute approximate surface area is 140 Å². The third-order valence-electron chi connectivity index (χ3n) is 4.42. The molecule has 0 saturated carbocycles. The lowest BCUT2D eigenvalue weighted by Crippen LogP contribution is -2.41. The molecule has 1 heterocycles. The Morgan fingerprint density at radius 3 is 2.67 bits per heavy atom. The molecule has 126 valence electrons. The molecular formula is C19H21NO4. The molecule has 5 heteroatoms. The summed E-state index contributed by atoms with van der Waals surface area (Å²) in [6.07, 6.45) is 2.10. The minimum atomic E-state index is -0.684. The van der Waals surface area contributed by atoms with Gasteiger partial charge in [-0.1, -0.05) is 31.2 Å². The highest BCUT2D eigenvalue weighted by Crippen LogP contribution is 2.25. The number of phenolic OH excluding ortho intramolecular Hbond substituents is 1. The molecule has 0 aromatic heterocycles. The van der Waals surface area contributed by atoms with E-state index in [0.29, 0.717) is 19.0 Å². The van der Waals surface area contributed by atoms with Crippen LogP contribution in [0.25, 0.3) is 10.8 Å². The van der Waals surface area contributed by atoms with Crippen LogP contribution in [0.1, 0.15) is 30.1 Å². The van der Waals surface area contributed by atoms with Gasteiger partial charge in [-0.2, -0.15) is 0 Å². The molecule has 24 heavy (non-hydrogen) atoms. The SMILES string of the molecule is C[C@@H]1CCCN(C(=O)COC(=O)c2cc3ccccc3cc2O)C1. The minimum Gasteiger partial charge on any atom is -0.507 e. The molecular weight excluding hydrogens is 306 g/mol. The van der Waals surface area contributed by atoms with Gasteiger partial charge in [-0.25, -0.2) is 4.79 Å². The maximum Gasteiger partial charge on any atom is 0.342 e. The van der Waals surface area contributed by atoms with E-state index in [1.165, 1.54) is 6.07 Å². The lowest BCUT2D eigenvalue weighted by atomic mass is 10.0. The summed E-state index contributed by atoms with van der Waals surface area (Å²) in [6.45, 7) is 3.23. The topological polar surface area (TPSA) is 66.8 Å². The summed E-state index contributed by atoms with van der Waals surface area (Å²) in [5, 5.41) is 11.7. The number of likely N-dealkylation sites (tertiary alicyclic amines) is 1. The number of aromatic hydroxyl groups is 1. The number of carbonyl (C=O) groups excluding carboxylic acids is 2. The van der Waals surface area contributed by atoms with Crippen molar-refractivity contribution >= 4 is 22.6 Å². The summed E-state index contributed by atoms with van der Waals surface area (Å²) in [4.78, 5) is 26.1. The van der Waals surface area contributed by atoms with Crippen molar-refractivity contribution in [2.24, 2.45) is 5.92 Å². The van der Waals surface area contributed by atoms with Crippen LogP contribution in [0.15, 0.2) is 36.4 Å². The maximum atomic E-state index is 12.2. The molecule has 5 nitrogen and oxygen atoms in total. The fourth-order valence-electron chi connectivity index (χ4n) is 3.10. The van der Waals surface area contributed by atoms with Crippen LogP contribution in [0.3, 0.4) is 0 Å². The average molecular weight is 327 g/mol. The number of phenols is 1. The Morgan fingerprint density at radius 2 is 1.96 bits per heavy atom. The summed E-state index contributed by atoms with van der Waals surface area (Å²) < 4.78 is 5.12. The van der Waals surface area contributed by atoms with Gasteiger partial charge in [0.15, 0.2) is 6.61 Å². The normalized spacial score (nSPS) is 17.7. The van der Waals surface area contributed by atoms with Crippen molar-refractivity contribution in [3.8, 4) is 5.75 Å². The van der Waals surface area contributed by atoms with Crippen molar-refractivity contribution in [1.82, 2.24) is 4.90 Å². The molecule has 1 saturated heterocycles. The molecule has 0 bridgehead atoms. The Balaban J connectivity index is 1.66. The second-order valence-electron chi connectivity index (χ2n) is 6.38. The molecule has 2 aromatic carbocycles. The molecule has 1 N–H and O–H groups in total. The van der Waals surface area contributed by atoms with Gasteiger partial charge < -0.3 is 14.7 Å². The fourth-order valence-corrected chi connectivity index (χ4v) is 3.10. The van der Waals surface area contributed by atoms with Gasteiger partial charge in [0.2, 0.25) is 0 Å². The number of amides is 1. The summed E-state index contributed by atoms with van der Waals surface area (Å²) >= 11 is 0. The molecule has 0 spiro atoms. The number of hydrogen-bond acceptors (Lipinski definition) is 4. The zero-order chi connectivity index (χ0) is 17.1. The van der Waals surface area contributed by atoms with Crippen molar-refractivity contribution in [2.45, 2.75) is 19.8 Å². The molecule has 1 aliphatic rings. The van der Waals surface area contributed by atoms with Crippen LogP contribution in [-0.4, -0.2) is 41.6 Å². The first-order valence-corrected chi connectivity index (χ1v) is 8.21. The van der Waals surface area contributed by atoms with E-state index in [0.717, 1.165) is 23.6 Å². The second-order valence-corrected chi connectivity index (χ2v) is 6.38. The van der Waals surface area contributed by atoms with Crippen molar-refractivity contribution in [3.05, 3.63) is 42.0 Å². The highest BCUT2D eigenvalue weighted by molar-refractivity contribution is 5.99. The van der Waals surface area contributed by atoms with Crippen molar-refractivity contribution in [3.63, 3.8) is 0 Å². The zero-order valence-corrected chi connectivity index (χ0v) is 13.7. The summed E-state index contributed by atoms with van der Waals surface area (Å²) in [5.74, 6) is -0.535. The minimum absolute atomic E-state index is 0.0773. The predicted molar refractivity (Wildman–Crippen MR) is 90.9 cm³/mol. The Hall–Kier alpha value is -2.56. The number of fused-ring (bicyclic) bond motifs is 1. The first-order valence-electron chi connectivity index (χ1n) is 8.21. The molecule has 2 aromatic rings.